The van der Waals surface area contributed by atoms with Gasteiger partial charge in [0.25, 0.3) is 5.91 Å². The largest absolute Gasteiger partial charge is 0.390 e. The minimum Gasteiger partial charge on any atom is -0.390 e. The molecule has 3 heterocycles. The number of anilines is 1. The lowest BCUT2D eigenvalue weighted by Gasteiger charge is -2.19. The van der Waals surface area contributed by atoms with Gasteiger partial charge >= 0.3 is 0 Å². The molecule has 2 aromatic heterocycles. The molecule has 1 aliphatic heterocycles. The van der Waals surface area contributed by atoms with Crippen molar-refractivity contribution in [1.82, 2.24) is 15.3 Å². The number of carbonyl (C=O) groups excluding carboxylic acids is 1. The summed E-state index contributed by atoms with van der Waals surface area (Å²) in [5, 5.41) is 26.3. The van der Waals surface area contributed by atoms with Crippen molar-refractivity contribution in [2.45, 2.75) is 38.3 Å². The molecule has 4 N–H and O–H groups in total. The van der Waals surface area contributed by atoms with Gasteiger partial charge in [0.2, 0.25) is 0 Å². The lowest BCUT2D eigenvalue weighted by atomic mass is 10.1. The topological polar surface area (TPSA) is 123 Å². The molecule has 0 saturated carbocycles. The fraction of sp³-hybridized carbons (Fsp3) is 0.409. The number of nitriles is 1. The first-order valence-electron chi connectivity index (χ1n) is 10.0. The molecule has 1 fully saturated rings. The van der Waals surface area contributed by atoms with E-state index in [-0.39, 0.29) is 11.9 Å². The monoisotopic (exact) mass is 407 g/mol. The maximum Gasteiger partial charge on any atom is 0.255 e. The Kier molecular flexibility index (Phi) is 5.33. The SMILES string of the molecule is CC(C)(O)CCNC(=O)c1cnc2c([nH]c3cc(C#N)ccc32)c1N[C@@H]1CCOC1. The van der Waals surface area contributed by atoms with Crippen LogP contribution < -0.4 is 10.6 Å². The van der Waals surface area contributed by atoms with Crippen LogP contribution in [0.15, 0.2) is 24.4 Å². The van der Waals surface area contributed by atoms with E-state index in [4.69, 9.17) is 4.74 Å². The Morgan fingerprint density at radius 1 is 1.47 bits per heavy atom. The summed E-state index contributed by atoms with van der Waals surface area (Å²) in [6, 6.07) is 7.64. The van der Waals surface area contributed by atoms with Crippen molar-refractivity contribution in [3.8, 4) is 6.07 Å². The van der Waals surface area contributed by atoms with Crippen molar-refractivity contribution < 1.29 is 14.6 Å². The minimum absolute atomic E-state index is 0.0969. The molecule has 1 aromatic carbocycles. The van der Waals surface area contributed by atoms with E-state index in [9.17, 15) is 15.2 Å². The van der Waals surface area contributed by atoms with Crippen LogP contribution in [0.25, 0.3) is 21.9 Å². The zero-order valence-corrected chi connectivity index (χ0v) is 17.1. The number of aliphatic hydroxyl groups is 1. The summed E-state index contributed by atoms with van der Waals surface area (Å²) >= 11 is 0. The van der Waals surface area contributed by atoms with Crippen molar-refractivity contribution in [1.29, 1.82) is 5.26 Å². The number of rotatable bonds is 6. The molecule has 0 spiro atoms. The van der Waals surface area contributed by atoms with Crippen LogP contribution in [0.3, 0.4) is 0 Å². The lowest BCUT2D eigenvalue weighted by molar-refractivity contribution is 0.0693. The van der Waals surface area contributed by atoms with E-state index >= 15 is 0 Å². The molecule has 4 rings (SSSR count). The summed E-state index contributed by atoms with van der Waals surface area (Å²) in [7, 11) is 0. The third kappa shape index (κ3) is 4.08. The van der Waals surface area contributed by atoms with E-state index < -0.39 is 5.60 Å². The van der Waals surface area contributed by atoms with Gasteiger partial charge in [0.05, 0.1) is 52.2 Å². The summed E-state index contributed by atoms with van der Waals surface area (Å²) < 4.78 is 5.48. The fourth-order valence-corrected chi connectivity index (χ4v) is 3.65. The van der Waals surface area contributed by atoms with E-state index in [1.54, 1.807) is 32.2 Å². The molecule has 3 aromatic rings. The number of nitrogens with zero attached hydrogens (tertiary/aromatic N) is 2. The average molecular weight is 407 g/mol. The smallest absolute Gasteiger partial charge is 0.255 e. The molecule has 0 aliphatic carbocycles. The van der Waals surface area contributed by atoms with E-state index in [2.05, 4.69) is 26.7 Å². The van der Waals surface area contributed by atoms with Gasteiger partial charge in [-0.2, -0.15) is 5.26 Å². The average Bonchev–Trinajstić information content (AvgIpc) is 3.34. The molecule has 1 amide bonds. The van der Waals surface area contributed by atoms with Gasteiger partial charge in [0.1, 0.15) is 0 Å². The Labute approximate surface area is 174 Å². The molecule has 1 atom stereocenters. The number of fused-ring (bicyclic) bond motifs is 3. The van der Waals surface area contributed by atoms with Gasteiger partial charge in [-0.15, -0.1) is 0 Å². The van der Waals surface area contributed by atoms with Gasteiger partial charge in [0.15, 0.2) is 0 Å². The number of benzene rings is 1. The fourth-order valence-electron chi connectivity index (χ4n) is 3.65. The number of nitrogens with one attached hydrogen (secondary N) is 3. The lowest BCUT2D eigenvalue weighted by Crippen LogP contribution is -2.31. The Morgan fingerprint density at radius 3 is 3.00 bits per heavy atom. The highest BCUT2D eigenvalue weighted by Gasteiger charge is 2.23. The molecule has 0 bridgehead atoms. The summed E-state index contributed by atoms with van der Waals surface area (Å²) in [6.07, 6.45) is 2.87. The Morgan fingerprint density at radius 2 is 2.30 bits per heavy atom. The van der Waals surface area contributed by atoms with Crippen LogP contribution in [0, 0.1) is 11.3 Å². The Balaban J connectivity index is 1.75. The normalized spacial score (nSPS) is 16.7. The van der Waals surface area contributed by atoms with Crippen LogP contribution in [0.5, 0.6) is 0 Å². The van der Waals surface area contributed by atoms with Gasteiger partial charge in [-0.3, -0.25) is 9.78 Å². The zero-order valence-electron chi connectivity index (χ0n) is 17.1. The number of carbonyl (C=O) groups is 1. The standard InChI is InChI=1S/C22H25N5O3/c1-22(2,29)6-7-24-21(28)16-11-25-18-15-4-3-13(10-23)9-17(15)27-20(18)19(16)26-14-5-8-30-12-14/h3-4,9,11,14,27,29H,5-8,12H2,1-2H3,(H,24,28)(H,25,26)/t14-/m1/s1. The quantitative estimate of drug-likeness (QED) is 0.498. The van der Waals surface area contributed by atoms with Gasteiger partial charge < -0.3 is 25.5 Å². The summed E-state index contributed by atoms with van der Waals surface area (Å²) in [4.78, 5) is 20.8. The number of ether oxygens (including phenoxy) is 1. The second-order valence-corrected chi connectivity index (χ2v) is 8.29. The zero-order chi connectivity index (χ0) is 21.3. The van der Waals surface area contributed by atoms with Crippen LogP contribution in [0.4, 0.5) is 5.69 Å². The number of amides is 1. The van der Waals surface area contributed by atoms with E-state index in [0.717, 1.165) is 28.4 Å². The maximum atomic E-state index is 12.9. The van der Waals surface area contributed by atoms with Gasteiger partial charge in [-0.05, 0) is 44.9 Å². The van der Waals surface area contributed by atoms with Gasteiger partial charge in [-0.1, -0.05) is 0 Å². The molecular weight excluding hydrogens is 382 g/mol. The highest BCUT2D eigenvalue weighted by atomic mass is 16.5. The molecule has 30 heavy (non-hydrogen) atoms. The number of hydrogen-bond acceptors (Lipinski definition) is 6. The third-order valence-corrected chi connectivity index (χ3v) is 5.29. The highest BCUT2D eigenvalue weighted by Crippen LogP contribution is 2.32. The van der Waals surface area contributed by atoms with Gasteiger partial charge in [-0.25, -0.2) is 0 Å². The number of hydrogen-bond donors (Lipinski definition) is 4. The number of pyridine rings is 1. The van der Waals surface area contributed by atoms with E-state index in [1.807, 2.05) is 6.07 Å². The van der Waals surface area contributed by atoms with Crippen LogP contribution in [0.2, 0.25) is 0 Å². The molecule has 0 unspecified atom stereocenters. The first-order chi connectivity index (χ1) is 14.4. The summed E-state index contributed by atoms with van der Waals surface area (Å²) in [5.74, 6) is -0.258. The number of aromatic amines is 1. The van der Waals surface area contributed by atoms with Crippen molar-refractivity contribution in [2.24, 2.45) is 0 Å². The first-order valence-corrected chi connectivity index (χ1v) is 10.0. The molecule has 156 valence electrons. The molecule has 0 radical (unpaired) electrons. The van der Waals surface area contributed by atoms with Crippen LogP contribution >= 0.6 is 0 Å². The third-order valence-electron chi connectivity index (χ3n) is 5.29. The van der Waals surface area contributed by atoms with E-state index in [0.29, 0.717) is 43.0 Å². The van der Waals surface area contributed by atoms with Crippen molar-refractivity contribution in [2.75, 3.05) is 25.1 Å². The van der Waals surface area contributed by atoms with Crippen molar-refractivity contribution in [3.05, 3.63) is 35.5 Å². The molecule has 1 aliphatic rings. The Hall–Kier alpha value is -3.15. The van der Waals surface area contributed by atoms with Crippen LogP contribution in [0.1, 0.15) is 42.6 Å². The predicted molar refractivity (Wildman–Crippen MR) is 114 cm³/mol. The molecule has 1 saturated heterocycles. The predicted octanol–water partition coefficient (Wildman–Crippen LogP) is 2.68. The van der Waals surface area contributed by atoms with E-state index in [1.165, 1.54) is 0 Å². The van der Waals surface area contributed by atoms with Crippen molar-refractivity contribution >= 4 is 33.5 Å². The van der Waals surface area contributed by atoms with Crippen LogP contribution in [-0.4, -0.2) is 52.4 Å². The molecule has 8 heteroatoms. The minimum atomic E-state index is -0.854. The summed E-state index contributed by atoms with van der Waals surface area (Å²) in [5.41, 5.74) is 3.06. The van der Waals surface area contributed by atoms with Crippen molar-refractivity contribution in [3.63, 3.8) is 0 Å². The Bertz CT molecular complexity index is 1130. The highest BCUT2D eigenvalue weighted by molar-refractivity contribution is 6.13. The second-order valence-electron chi connectivity index (χ2n) is 8.29. The van der Waals surface area contributed by atoms with Gasteiger partial charge in [0, 0.05) is 30.3 Å². The second kappa shape index (κ2) is 7.94. The first kappa shape index (κ1) is 20.1. The molecule has 8 nitrogen and oxygen atoms in total. The number of H-pyrrole nitrogens is 1. The van der Waals surface area contributed by atoms with Crippen LogP contribution in [-0.2, 0) is 4.74 Å². The molecular formula is C22H25N5O3. The maximum absolute atomic E-state index is 12.9. The summed E-state index contributed by atoms with van der Waals surface area (Å²) in [6.45, 7) is 5.02. The number of aromatic nitrogens is 2.